The van der Waals surface area contributed by atoms with E-state index in [1.807, 2.05) is 12.3 Å². The van der Waals surface area contributed by atoms with Gasteiger partial charge in [-0.2, -0.15) is 0 Å². The molecule has 0 aliphatic rings. The summed E-state index contributed by atoms with van der Waals surface area (Å²) in [4.78, 5) is 22.9. The van der Waals surface area contributed by atoms with Gasteiger partial charge in [0.15, 0.2) is 5.69 Å². The molecular weight excluding hydrogens is 252 g/mol. The second-order valence-electron chi connectivity index (χ2n) is 3.63. The lowest BCUT2D eigenvalue weighted by Crippen LogP contribution is -2.10. The molecule has 7 heteroatoms. The Morgan fingerprint density at radius 3 is 3.00 bits per heavy atom. The first-order chi connectivity index (χ1) is 8.65. The summed E-state index contributed by atoms with van der Waals surface area (Å²) in [6, 6.07) is 1.36. The molecule has 94 valence electrons. The minimum absolute atomic E-state index is 0.0161. The zero-order valence-electron chi connectivity index (χ0n) is 9.75. The number of hydrogen-bond donors (Lipinski definition) is 2. The number of thiazole rings is 1. The molecule has 2 N–H and O–H groups in total. The molecule has 0 unspecified atom stereocenters. The van der Waals surface area contributed by atoms with Crippen molar-refractivity contribution in [3.63, 3.8) is 0 Å². The van der Waals surface area contributed by atoms with Gasteiger partial charge in [0.25, 0.3) is 0 Å². The summed E-state index contributed by atoms with van der Waals surface area (Å²) in [5.41, 5.74) is 0.997. The Bertz CT molecular complexity index is 555. The third-order valence-electron chi connectivity index (χ3n) is 2.16. The highest BCUT2D eigenvalue weighted by molar-refractivity contribution is 7.09. The Morgan fingerprint density at radius 1 is 1.50 bits per heavy atom. The van der Waals surface area contributed by atoms with E-state index < -0.39 is 5.97 Å². The Labute approximate surface area is 108 Å². The number of nitrogens with one attached hydrogen (secondary N) is 1. The highest BCUT2D eigenvalue weighted by Crippen LogP contribution is 2.09. The number of aryl methyl sites for hydroxylation is 1. The minimum Gasteiger partial charge on any atom is -0.477 e. The number of carboxylic acid groups (broad SMARTS) is 1. The van der Waals surface area contributed by atoms with Crippen molar-refractivity contribution < 1.29 is 9.90 Å². The fourth-order valence-corrected chi connectivity index (χ4v) is 2.14. The maximum absolute atomic E-state index is 10.7. The number of aromatic carboxylic acids is 1. The molecule has 0 bridgehead atoms. The second kappa shape index (κ2) is 5.54. The van der Waals surface area contributed by atoms with Crippen LogP contribution in [0.1, 0.15) is 21.2 Å². The zero-order valence-corrected chi connectivity index (χ0v) is 10.6. The van der Waals surface area contributed by atoms with E-state index in [4.69, 9.17) is 5.11 Å². The Morgan fingerprint density at radius 2 is 2.33 bits per heavy atom. The summed E-state index contributed by atoms with van der Waals surface area (Å²) in [7, 11) is 0. The van der Waals surface area contributed by atoms with Crippen LogP contribution < -0.4 is 5.32 Å². The molecule has 0 aromatic carbocycles. The molecule has 0 radical (unpaired) electrons. The van der Waals surface area contributed by atoms with Crippen molar-refractivity contribution in [3.05, 3.63) is 34.0 Å². The normalized spacial score (nSPS) is 10.3. The fraction of sp³-hybridized carbons (Fsp3) is 0.273. The number of carboxylic acids is 1. The van der Waals surface area contributed by atoms with Crippen LogP contribution >= 0.6 is 11.3 Å². The van der Waals surface area contributed by atoms with Crippen LogP contribution in [0.25, 0.3) is 0 Å². The van der Waals surface area contributed by atoms with Gasteiger partial charge in [0.2, 0.25) is 5.95 Å². The summed E-state index contributed by atoms with van der Waals surface area (Å²) in [6.07, 6.45) is 2.19. The molecule has 0 atom stereocenters. The SMILES string of the molecule is Cc1csc(CCNc2nccc(C(=O)O)n2)n1. The van der Waals surface area contributed by atoms with Crippen LogP contribution in [-0.2, 0) is 6.42 Å². The molecule has 0 aliphatic heterocycles. The quantitative estimate of drug-likeness (QED) is 0.852. The molecule has 2 rings (SSSR count). The molecule has 0 saturated heterocycles. The van der Waals surface area contributed by atoms with Crippen molar-refractivity contribution in [3.8, 4) is 0 Å². The summed E-state index contributed by atoms with van der Waals surface area (Å²) >= 11 is 1.61. The van der Waals surface area contributed by atoms with E-state index in [-0.39, 0.29) is 5.69 Å². The minimum atomic E-state index is -1.06. The summed E-state index contributed by atoms with van der Waals surface area (Å²) < 4.78 is 0. The smallest absolute Gasteiger partial charge is 0.354 e. The van der Waals surface area contributed by atoms with Crippen molar-refractivity contribution in [2.45, 2.75) is 13.3 Å². The highest BCUT2D eigenvalue weighted by atomic mass is 32.1. The third kappa shape index (κ3) is 3.24. The predicted molar refractivity (Wildman–Crippen MR) is 68.0 cm³/mol. The maximum atomic E-state index is 10.7. The van der Waals surface area contributed by atoms with E-state index in [0.717, 1.165) is 17.1 Å². The van der Waals surface area contributed by atoms with Gasteiger partial charge in [-0.25, -0.2) is 19.7 Å². The van der Waals surface area contributed by atoms with Gasteiger partial charge >= 0.3 is 5.97 Å². The lowest BCUT2D eigenvalue weighted by Gasteiger charge is -2.03. The molecule has 18 heavy (non-hydrogen) atoms. The van der Waals surface area contributed by atoms with Crippen molar-refractivity contribution in [1.82, 2.24) is 15.0 Å². The van der Waals surface area contributed by atoms with Crippen LogP contribution in [0.3, 0.4) is 0 Å². The topological polar surface area (TPSA) is 88.0 Å². The number of hydrogen-bond acceptors (Lipinski definition) is 6. The molecule has 0 saturated carbocycles. The second-order valence-corrected chi connectivity index (χ2v) is 4.57. The van der Waals surface area contributed by atoms with Crippen LogP contribution in [0, 0.1) is 6.92 Å². The van der Waals surface area contributed by atoms with Crippen molar-refractivity contribution in [2.75, 3.05) is 11.9 Å². The van der Waals surface area contributed by atoms with E-state index in [1.165, 1.54) is 12.3 Å². The monoisotopic (exact) mass is 264 g/mol. The molecule has 2 heterocycles. The third-order valence-corrected chi connectivity index (χ3v) is 3.19. The van der Waals surface area contributed by atoms with E-state index in [1.54, 1.807) is 11.3 Å². The van der Waals surface area contributed by atoms with Gasteiger partial charge in [-0.15, -0.1) is 11.3 Å². The number of nitrogens with zero attached hydrogens (tertiary/aromatic N) is 3. The van der Waals surface area contributed by atoms with Gasteiger partial charge in [-0.05, 0) is 13.0 Å². The lowest BCUT2D eigenvalue weighted by molar-refractivity contribution is 0.0690. The molecule has 2 aromatic rings. The Hall–Kier alpha value is -2.02. The first-order valence-electron chi connectivity index (χ1n) is 5.36. The highest BCUT2D eigenvalue weighted by Gasteiger charge is 2.06. The average Bonchev–Trinajstić information content (AvgIpc) is 2.75. The van der Waals surface area contributed by atoms with E-state index >= 15 is 0 Å². The predicted octanol–water partition coefficient (Wildman–Crippen LogP) is 1.59. The van der Waals surface area contributed by atoms with Crippen LogP contribution in [-0.4, -0.2) is 32.6 Å². The largest absolute Gasteiger partial charge is 0.477 e. The molecule has 0 aliphatic carbocycles. The van der Waals surface area contributed by atoms with Crippen LogP contribution in [0.4, 0.5) is 5.95 Å². The van der Waals surface area contributed by atoms with Gasteiger partial charge in [0.05, 0.1) is 5.01 Å². The Balaban J connectivity index is 1.90. The number of carbonyl (C=O) groups is 1. The standard InChI is InChI=1S/C11H12N4O2S/c1-7-6-18-9(14-7)3-5-13-11-12-4-2-8(15-11)10(16)17/h2,4,6H,3,5H2,1H3,(H,16,17)(H,12,13,15). The van der Waals surface area contributed by atoms with E-state index in [0.29, 0.717) is 12.5 Å². The number of aromatic nitrogens is 3. The summed E-state index contributed by atoms with van der Waals surface area (Å²) in [5, 5.41) is 14.8. The molecule has 2 aromatic heterocycles. The summed E-state index contributed by atoms with van der Waals surface area (Å²) in [5.74, 6) is -0.737. The molecule has 0 fully saturated rings. The fourth-order valence-electron chi connectivity index (χ4n) is 1.36. The van der Waals surface area contributed by atoms with Crippen molar-refractivity contribution >= 4 is 23.3 Å². The van der Waals surface area contributed by atoms with Crippen LogP contribution in [0.5, 0.6) is 0 Å². The molecular formula is C11H12N4O2S. The van der Waals surface area contributed by atoms with E-state index in [2.05, 4.69) is 20.3 Å². The molecule has 6 nitrogen and oxygen atoms in total. The van der Waals surface area contributed by atoms with Gasteiger partial charge in [-0.1, -0.05) is 0 Å². The van der Waals surface area contributed by atoms with Crippen molar-refractivity contribution in [1.29, 1.82) is 0 Å². The summed E-state index contributed by atoms with van der Waals surface area (Å²) in [6.45, 7) is 2.57. The van der Waals surface area contributed by atoms with Crippen LogP contribution in [0.15, 0.2) is 17.6 Å². The van der Waals surface area contributed by atoms with Crippen molar-refractivity contribution in [2.24, 2.45) is 0 Å². The average molecular weight is 264 g/mol. The van der Waals surface area contributed by atoms with Crippen LogP contribution in [0.2, 0.25) is 0 Å². The van der Waals surface area contributed by atoms with Gasteiger partial charge in [0, 0.05) is 30.2 Å². The van der Waals surface area contributed by atoms with E-state index in [9.17, 15) is 4.79 Å². The Kier molecular flexibility index (Phi) is 3.83. The first kappa shape index (κ1) is 12.4. The lowest BCUT2D eigenvalue weighted by atomic mass is 10.4. The molecule has 0 spiro atoms. The molecule has 0 amide bonds. The van der Waals surface area contributed by atoms with Gasteiger partial charge in [0.1, 0.15) is 0 Å². The maximum Gasteiger partial charge on any atom is 0.354 e. The number of rotatable bonds is 5. The number of anilines is 1. The van der Waals surface area contributed by atoms with Gasteiger partial charge < -0.3 is 10.4 Å². The van der Waals surface area contributed by atoms with Gasteiger partial charge in [-0.3, -0.25) is 0 Å². The first-order valence-corrected chi connectivity index (χ1v) is 6.24. The zero-order chi connectivity index (χ0) is 13.0.